The fourth-order valence-corrected chi connectivity index (χ4v) is 6.00. The largest absolute Gasteiger partial charge is 0.394 e. The molecule has 184 valence electrons. The van der Waals surface area contributed by atoms with Gasteiger partial charge in [-0.3, -0.25) is 4.79 Å². The lowest BCUT2D eigenvalue weighted by atomic mass is 10.1. The topological polar surface area (TPSA) is 155 Å². The molecule has 35 heavy (non-hydrogen) atoms. The minimum atomic E-state index is -3.86. The van der Waals surface area contributed by atoms with Crippen LogP contribution in [0.4, 0.5) is 5.82 Å². The fourth-order valence-electron chi connectivity index (χ4n) is 4.60. The molecule has 1 aromatic carbocycles. The first kappa shape index (κ1) is 23.5. The average molecular weight is 498 g/mol. The van der Waals surface area contributed by atoms with E-state index < -0.39 is 15.6 Å². The number of aliphatic hydroxyl groups is 1. The van der Waals surface area contributed by atoms with Crippen molar-refractivity contribution in [2.24, 2.45) is 5.92 Å². The lowest BCUT2D eigenvalue weighted by Gasteiger charge is -2.42. The Morgan fingerprint density at radius 1 is 1.34 bits per heavy atom. The number of aliphatic hydroxyl groups excluding tert-OH is 1. The molecule has 0 unspecified atom stereocenters. The molecule has 1 amide bonds. The summed E-state index contributed by atoms with van der Waals surface area (Å²) in [6.45, 7) is 4.96. The Morgan fingerprint density at radius 3 is 2.77 bits per heavy atom. The minimum Gasteiger partial charge on any atom is -0.394 e. The number of rotatable bonds is 6. The van der Waals surface area contributed by atoms with E-state index >= 15 is 0 Å². The molecule has 3 heterocycles. The van der Waals surface area contributed by atoms with Gasteiger partial charge < -0.3 is 19.9 Å². The Hall–Kier alpha value is -3.27. The van der Waals surface area contributed by atoms with Gasteiger partial charge in [0.15, 0.2) is 0 Å². The summed E-state index contributed by atoms with van der Waals surface area (Å²) in [5, 5.41) is 20.7. The van der Waals surface area contributed by atoms with Gasteiger partial charge in [-0.1, -0.05) is 19.9 Å². The first-order valence-corrected chi connectivity index (χ1v) is 13.0. The van der Waals surface area contributed by atoms with Crippen LogP contribution in [-0.4, -0.2) is 77.1 Å². The van der Waals surface area contributed by atoms with E-state index in [2.05, 4.69) is 19.7 Å². The monoisotopic (exact) mass is 497 g/mol. The summed E-state index contributed by atoms with van der Waals surface area (Å²) < 4.78 is 28.2. The second-order valence-corrected chi connectivity index (χ2v) is 11.2. The van der Waals surface area contributed by atoms with Crippen molar-refractivity contribution in [3.8, 4) is 6.07 Å². The van der Waals surface area contributed by atoms with E-state index in [9.17, 15) is 23.6 Å². The van der Waals surface area contributed by atoms with Crippen LogP contribution < -0.4 is 9.62 Å². The van der Waals surface area contributed by atoms with Gasteiger partial charge >= 0.3 is 0 Å². The maximum atomic E-state index is 12.9. The molecule has 11 nitrogen and oxygen atoms in total. The average Bonchev–Trinajstić information content (AvgIpc) is 3.51. The Balaban J connectivity index is 1.50. The number of anilines is 1. The number of aromatic nitrogens is 3. The number of benzene rings is 1. The predicted molar refractivity (Wildman–Crippen MR) is 129 cm³/mol. The number of H-pyrrole nitrogens is 1. The van der Waals surface area contributed by atoms with E-state index in [4.69, 9.17) is 0 Å². The van der Waals surface area contributed by atoms with Crippen molar-refractivity contribution in [2.75, 3.05) is 31.1 Å². The second-order valence-electron chi connectivity index (χ2n) is 9.52. The Kier molecular flexibility index (Phi) is 5.66. The summed E-state index contributed by atoms with van der Waals surface area (Å²) in [6, 6.07) is 6.44. The highest BCUT2D eigenvalue weighted by Gasteiger charge is 2.46. The lowest BCUT2D eigenvalue weighted by Crippen LogP contribution is -2.57. The summed E-state index contributed by atoms with van der Waals surface area (Å²) in [7, 11) is -3.86. The molecule has 2 aromatic heterocycles. The molecule has 5 rings (SSSR count). The molecule has 3 N–H and O–H groups in total. The van der Waals surface area contributed by atoms with Gasteiger partial charge in [-0.2, -0.15) is 9.98 Å². The number of sulfonamides is 1. The molecule has 0 spiro atoms. The molecule has 1 atom stereocenters. The van der Waals surface area contributed by atoms with E-state index in [1.54, 1.807) is 11.0 Å². The van der Waals surface area contributed by atoms with Crippen molar-refractivity contribution in [3.05, 3.63) is 24.5 Å². The minimum absolute atomic E-state index is 0.00959. The molecule has 3 aromatic rings. The van der Waals surface area contributed by atoms with Crippen LogP contribution in [0.3, 0.4) is 0 Å². The number of hydrogen-bond donors (Lipinski definition) is 3. The van der Waals surface area contributed by atoms with E-state index in [0.717, 1.165) is 10.8 Å². The van der Waals surface area contributed by atoms with Crippen LogP contribution in [-0.2, 0) is 14.8 Å². The number of aromatic amines is 1. The number of nitrogens with one attached hydrogen (secondary N) is 2. The molecule has 0 bridgehead atoms. The highest BCUT2D eigenvalue weighted by atomic mass is 32.2. The van der Waals surface area contributed by atoms with E-state index in [-0.39, 0.29) is 29.4 Å². The number of nitriles is 1. The first-order valence-electron chi connectivity index (χ1n) is 11.6. The predicted octanol–water partition coefficient (Wildman–Crippen LogP) is 1.11. The zero-order valence-electron chi connectivity index (χ0n) is 19.5. The van der Waals surface area contributed by atoms with Crippen molar-refractivity contribution in [1.29, 1.82) is 5.26 Å². The number of carbonyl (C=O) groups excluding carboxylic acids is 1. The van der Waals surface area contributed by atoms with Crippen LogP contribution in [0.25, 0.3) is 21.9 Å². The third kappa shape index (κ3) is 4.09. The van der Waals surface area contributed by atoms with Crippen molar-refractivity contribution < 1.29 is 18.3 Å². The summed E-state index contributed by atoms with van der Waals surface area (Å²) in [5.41, 5.74) is 0.137. The van der Waals surface area contributed by atoms with Gasteiger partial charge in [-0.25, -0.2) is 18.4 Å². The van der Waals surface area contributed by atoms with Gasteiger partial charge in [-0.05, 0) is 25.0 Å². The number of hydrogen-bond acceptors (Lipinski definition) is 8. The zero-order valence-corrected chi connectivity index (χ0v) is 20.3. The molecular weight excluding hydrogens is 470 g/mol. The van der Waals surface area contributed by atoms with Crippen LogP contribution >= 0.6 is 0 Å². The van der Waals surface area contributed by atoms with Gasteiger partial charge in [0.1, 0.15) is 23.3 Å². The van der Waals surface area contributed by atoms with Crippen molar-refractivity contribution in [1.82, 2.24) is 24.6 Å². The number of nitrogens with zero attached hydrogens (tertiary/aromatic N) is 5. The molecule has 1 saturated heterocycles. The standard InChI is InChI=1S/C23H27N7O4S/c1-14(2)22(32)30-8-7-29(10-15(30)11-31)21-19-17-4-3-16(9-18(17)27-20(19)25-13-26-21)35(33,34)28-23(12-24)5-6-23/h3-4,9,13-15,28,31H,5-8,10-11H2,1-2H3,(H,25,26,27)/t15-/m1/s1. The Morgan fingerprint density at radius 2 is 2.11 bits per heavy atom. The smallest absolute Gasteiger partial charge is 0.242 e. The first-order chi connectivity index (χ1) is 16.7. The summed E-state index contributed by atoms with van der Waals surface area (Å²) in [4.78, 5) is 28.4. The highest BCUT2D eigenvalue weighted by molar-refractivity contribution is 7.89. The molecule has 0 radical (unpaired) electrons. The SMILES string of the molecule is CC(C)C(=O)N1CCN(c2ncnc3[nH]c4cc(S(=O)(=O)NC5(C#N)CC5)ccc4c23)C[C@@H]1CO. The Bertz CT molecular complexity index is 1460. The molecule has 1 aliphatic carbocycles. The fraction of sp³-hybridized carbons (Fsp3) is 0.478. The molecular formula is C23H27N7O4S. The second kappa shape index (κ2) is 8.44. The van der Waals surface area contributed by atoms with Gasteiger partial charge in [-0.15, -0.1) is 0 Å². The number of piperazine rings is 1. The van der Waals surface area contributed by atoms with Crippen molar-refractivity contribution in [3.63, 3.8) is 0 Å². The van der Waals surface area contributed by atoms with Gasteiger partial charge in [0.2, 0.25) is 15.9 Å². The van der Waals surface area contributed by atoms with E-state index in [1.165, 1.54) is 18.5 Å². The van der Waals surface area contributed by atoms with Crippen LogP contribution in [0.15, 0.2) is 29.4 Å². The van der Waals surface area contributed by atoms with Crippen LogP contribution in [0.5, 0.6) is 0 Å². The number of carbonyl (C=O) groups is 1. The summed E-state index contributed by atoms with van der Waals surface area (Å²) >= 11 is 0. The number of fused-ring (bicyclic) bond motifs is 3. The summed E-state index contributed by atoms with van der Waals surface area (Å²) in [5.74, 6) is 0.514. The molecule has 2 aliphatic rings. The quantitative estimate of drug-likeness (QED) is 0.457. The third-order valence-electron chi connectivity index (χ3n) is 6.71. The highest BCUT2D eigenvalue weighted by Crippen LogP contribution is 2.37. The van der Waals surface area contributed by atoms with E-state index in [1.807, 2.05) is 24.8 Å². The maximum absolute atomic E-state index is 12.9. The molecule has 12 heteroatoms. The molecule has 2 fully saturated rings. The van der Waals surface area contributed by atoms with Crippen molar-refractivity contribution in [2.45, 2.75) is 43.2 Å². The lowest BCUT2D eigenvalue weighted by molar-refractivity contribution is -0.138. The van der Waals surface area contributed by atoms with Crippen LogP contribution in [0, 0.1) is 17.2 Å². The Labute approximate surface area is 202 Å². The zero-order chi connectivity index (χ0) is 25.0. The van der Waals surface area contributed by atoms with E-state index in [0.29, 0.717) is 49.5 Å². The molecule has 1 saturated carbocycles. The van der Waals surface area contributed by atoms with Gasteiger partial charge in [0, 0.05) is 36.5 Å². The van der Waals surface area contributed by atoms with Crippen molar-refractivity contribution >= 4 is 43.7 Å². The van der Waals surface area contributed by atoms with Crippen LogP contribution in [0.2, 0.25) is 0 Å². The van der Waals surface area contributed by atoms with Gasteiger partial charge in [0.05, 0.1) is 29.0 Å². The van der Waals surface area contributed by atoms with Crippen LogP contribution in [0.1, 0.15) is 26.7 Å². The normalized spacial score (nSPS) is 19.9. The third-order valence-corrected chi connectivity index (χ3v) is 8.25. The maximum Gasteiger partial charge on any atom is 0.242 e. The number of amides is 1. The van der Waals surface area contributed by atoms with Gasteiger partial charge in [0.25, 0.3) is 0 Å². The molecule has 1 aliphatic heterocycles. The summed E-state index contributed by atoms with van der Waals surface area (Å²) in [6.07, 6.45) is 2.44.